The van der Waals surface area contributed by atoms with Gasteiger partial charge in [0.1, 0.15) is 5.75 Å². The number of phenols is 1. The lowest BCUT2D eigenvalue weighted by atomic mass is 10.2. The third-order valence-electron chi connectivity index (χ3n) is 3.14. The molecule has 18 heavy (non-hydrogen) atoms. The van der Waals surface area contributed by atoms with Crippen LogP contribution in [0.5, 0.6) is 5.75 Å². The van der Waals surface area contributed by atoms with Crippen molar-refractivity contribution >= 4 is 11.6 Å². The summed E-state index contributed by atoms with van der Waals surface area (Å²) in [6, 6.07) is 8.28. The number of amides is 1. The number of nitrogens with zero attached hydrogens (tertiary/aromatic N) is 1. The number of phenolic OH excluding ortho intramolecular Hbond substituents is 1. The highest BCUT2D eigenvalue weighted by molar-refractivity contribution is 6.05. The van der Waals surface area contributed by atoms with Crippen molar-refractivity contribution in [2.45, 2.75) is 13.8 Å². The molecule has 0 radical (unpaired) electrons. The topological polar surface area (TPSA) is 54.3 Å². The predicted octanol–water partition coefficient (Wildman–Crippen LogP) is 2.60. The molecular weight excluding hydrogens is 228 g/mol. The van der Waals surface area contributed by atoms with Crippen LogP contribution in [0.25, 0.3) is 0 Å². The fraction of sp³-hybridized carbons (Fsp3) is 0.214. The Labute approximate surface area is 106 Å². The average molecular weight is 244 g/mol. The molecule has 0 spiro atoms. The lowest BCUT2D eigenvalue weighted by molar-refractivity contribution is 0.102. The van der Waals surface area contributed by atoms with Crippen LogP contribution in [0.15, 0.2) is 30.3 Å². The molecule has 0 aliphatic heterocycles. The van der Waals surface area contributed by atoms with Gasteiger partial charge >= 0.3 is 0 Å². The van der Waals surface area contributed by atoms with Crippen LogP contribution in [-0.2, 0) is 7.05 Å². The average Bonchev–Trinajstić information content (AvgIpc) is 2.60. The van der Waals surface area contributed by atoms with E-state index in [4.69, 9.17) is 0 Å². The normalized spacial score (nSPS) is 10.4. The first-order chi connectivity index (χ1) is 8.49. The van der Waals surface area contributed by atoms with Crippen molar-refractivity contribution in [2.75, 3.05) is 5.32 Å². The summed E-state index contributed by atoms with van der Waals surface area (Å²) in [4.78, 5) is 12.1. The second-order valence-electron chi connectivity index (χ2n) is 4.34. The minimum Gasteiger partial charge on any atom is -0.508 e. The van der Waals surface area contributed by atoms with E-state index >= 15 is 0 Å². The molecule has 0 bridgehead atoms. The first-order valence-corrected chi connectivity index (χ1v) is 5.72. The summed E-state index contributed by atoms with van der Waals surface area (Å²) >= 11 is 0. The van der Waals surface area contributed by atoms with Gasteiger partial charge in [0.2, 0.25) is 0 Å². The van der Waals surface area contributed by atoms with Crippen LogP contribution in [0.2, 0.25) is 0 Å². The molecule has 4 nitrogen and oxygen atoms in total. The predicted molar refractivity (Wildman–Crippen MR) is 70.9 cm³/mol. The van der Waals surface area contributed by atoms with Crippen molar-refractivity contribution in [1.29, 1.82) is 0 Å². The second-order valence-corrected chi connectivity index (χ2v) is 4.34. The minimum atomic E-state index is -0.137. The van der Waals surface area contributed by atoms with Gasteiger partial charge in [-0.05, 0) is 44.2 Å². The van der Waals surface area contributed by atoms with Crippen molar-refractivity contribution in [3.05, 3.63) is 47.3 Å². The zero-order valence-electron chi connectivity index (χ0n) is 10.7. The lowest BCUT2D eigenvalue weighted by Gasteiger charge is -2.05. The zero-order valence-corrected chi connectivity index (χ0v) is 10.7. The Kier molecular flexibility index (Phi) is 3.10. The number of aromatic nitrogens is 1. The molecule has 4 heteroatoms. The summed E-state index contributed by atoms with van der Waals surface area (Å²) in [6.45, 7) is 3.88. The summed E-state index contributed by atoms with van der Waals surface area (Å²) in [5.41, 5.74) is 3.31. The molecule has 0 fully saturated rings. The molecule has 2 N–H and O–H groups in total. The highest BCUT2D eigenvalue weighted by Gasteiger charge is 2.13. The summed E-state index contributed by atoms with van der Waals surface area (Å²) in [5, 5.41) is 12.0. The Balaban J connectivity index is 2.22. The largest absolute Gasteiger partial charge is 0.508 e. The molecule has 94 valence electrons. The first kappa shape index (κ1) is 12.2. The molecule has 2 rings (SSSR count). The minimum absolute atomic E-state index is 0.137. The number of rotatable bonds is 2. The summed E-state index contributed by atoms with van der Waals surface area (Å²) < 4.78 is 1.98. The molecule has 1 heterocycles. The van der Waals surface area contributed by atoms with Gasteiger partial charge in [0.15, 0.2) is 0 Å². The quantitative estimate of drug-likeness (QED) is 0.798. The van der Waals surface area contributed by atoms with Gasteiger partial charge in [-0.2, -0.15) is 0 Å². The van der Waals surface area contributed by atoms with Gasteiger partial charge in [0, 0.05) is 24.1 Å². The number of anilines is 1. The molecule has 0 atom stereocenters. The van der Waals surface area contributed by atoms with E-state index in [0.717, 1.165) is 11.4 Å². The van der Waals surface area contributed by atoms with E-state index in [1.54, 1.807) is 24.3 Å². The van der Waals surface area contributed by atoms with Crippen molar-refractivity contribution in [3.8, 4) is 5.75 Å². The Bertz CT molecular complexity index is 583. The second kappa shape index (κ2) is 4.56. The molecule has 0 aliphatic rings. The smallest absolute Gasteiger partial charge is 0.257 e. The van der Waals surface area contributed by atoms with Crippen molar-refractivity contribution < 1.29 is 9.90 Å². The SMILES string of the molecule is Cc1cc(C(=O)Nc2ccc(O)cc2)c(C)n1C. The van der Waals surface area contributed by atoms with Crippen LogP contribution < -0.4 is 5.32 Å². The Morgan fingerprint density at radius 3 is 2.33 bits per heavy atom. The number of hydrogen-bond acceptors (Lipinski definition) is 2. The number of carbonyl (C=O) groups excluding carboxylic acids is 1. The maximum absolute atomic E-state index is 12.1. The zero-order chi connectivity index (χ0) is 13.3. The maximum Gasteiger partial charge on any atom is 0.257 e. The van der Waals surface area contributed by atoms with Gasteiger partial charge in [0.25, 0.3) is 5.91 Å². The van der Waals surface area contributed by atoms with E-state index in [-0.39, 0.29) is 11.7 Å². The third-order valence-corrected chi connectivity index (χ3v) is 3.14. The number of aryl methyl sites for hydroxylation is 1. The van der Waals surface area contributed by atoms with E-state index in [1.165, 1.54) is 0 Å². The summed E-state index contributed by atoms with van der Waals surface area (Å²) in [7, 11) is 1.93. The van der Waals surface area contributed by atoms with Crippen LogP contribution in [0.4, 0.5) is 5.69 Å². The van der Waals surface area contributed by atoms with Crippen LogP contribution in [0.1, 0.15) is 21.7 Å². The number of nitrogens with one attached hydrogen (secondary N) is 1. The van der Waals surface area contributed by atoms with Gasteiger partial charge in [-0.25, -0.2) is 0 Å². The van der Waals surface area contributed by atoms with Crippen molar-refractivity contribution in [2.24, 2.45) is 7.05 Å². The van der Waals surface area contributed by atoms with E-state index < -0.39 is 0 Å². The fourth-order valence-corrected chi connectivity index (χ4v) is 1.83. The molecule has 1 aromatic carbocycles. The molecule has 0 aliphatic carbocycles. The summed E-state index contributed by atoms with van der Waals surface area (Å²) in [5.74, 6) is 0.0432. The number of aromatic hydroxyl groups is 1. The van der Waals surface area contributed by atoms with E-state index in [1.807, 2.05) is 31.5 Å². The molecule has 1 aromatic heterocycles. The molecule has 0 saturated heterocycles. The Morgan fingerprint density at radius 2 is 1.83 bits per heavy atom. The van der Waals surface area contributed by atoms with Crippen LogP contribution in [0.3, 0.4) is 0 Å². The van der Waals surface area contributed by atoms with Gasteiger partial charge in [0.05, 0.1) is 5.56 Å². The molecule has 0 saturated carbocycles. The van der Waals surface area contributed by atoms with E-state index in [0.29, 0.717) is 11.3 Å². The molecular formula is C14H16N2O2. The van der Waals surface area contributed by atoms with E-state index in [2.05, 4.69) is 5.32 Å². The van der Waals surface area contributed by atoms with Crippen molar-refractivity contribution in [1.82, 2.24) is 4.57 Å². The highest BCUT2D eigenvalue weighted by Crippen LogP contribution is 2.17. The number of hydrogen-bond donors (Lipinski definition) is 2. The third kappa shape index (κ3) is 2.22. The van der Waals surface area contributed by atoms with Gasteiger partial charge in [-0.3, -0.25) is 4.79 Å². The van der Waals surface area contributed by atoms with Gasteiger partial charge in [-0.15, -0.1) is 0 Å². The lowest BCUT2D eigenvalue weighted by Crippen LogP contribution is -2.12. The number of carbonyl (C=O) groups is 1. The monoisotopic (exact) mass is 244 g/mol. The fourth-order valence-electron chi connectivity index (χ4n) is 1.83. The Hall–Kier alpha value is -2.23. The first-order valence-electron chi connectivity index (χ1n) is 5.72. The van der Waals surface area contributed by atoms with Crippen molar-refractivity contribution in [3.63, 3.8) is 0 Å². The van der Waals surface area contributed by atoms with Crippen LogP contribution >= 0.6 is 0 Å². The van der Waals surface area contributed by atoms with Crippen LogP contribution in [0, 0.1) is 13.8 Å². The highest BCUT2D eigenvalue weighted by atomic mass is 16.3. The van der Waals surface area contributed by atoms with E-state index in [9.17, 15) is 9.90 Å². The summed E-state index contributed by atoms with van der Waals surface area (Å²) in [6.07, 6.45) is 0. The molecule has 1 amide bonds. The van der Waals surface area contributed by atoms with Gasteiger partial charge < -0.3 is 15.0 Å². The maximum atomic E-state index is 12.1. The van der Waals surface area contributed by atoms with Gasteiger partial charge in [-0.1, -0.05) is 0 Å². The number of benzene rings is 1. The van der Waals surface area contributed by atoms with Crippen LogP contribution in [-0.4, -0.2) is 15.6 Å². The standard InChI is InChI=1S/C14H16N2O2/c1-9-8-13(10(2)16(9)3)14(18)15-11-4-6-12(17)7-5-11/h4-8,17H,1-3H3,(H,15,18). The Morgan fingerprint density at radius 1 is 1.22 bits per heavy atom. The molecule has 0 unspecified atom stereocenters. The molecule has 2 aromatic rings.